The van der Waals surface area contributed by atoms with Crippen LogP contribution in [-0.2, 0) is 11.2 Å². The Morgan fingerprint density at radius 3 is 2.44 bits per heavy atom. The van der Waals surface area contributed by atoms with Gasteiger partial charge in [-0.05, 0) is 31.5 Å². The van der Waals surface area contributed by atoms with E-state index in [2.05, 4.69) is 21.2 Å². The first-order valence-corrected chi connectivity index (χ1v) is 6.37. The maximum absolute atomic E-state index is 11.7. The summed E-state index contributed by atoms with van der Waals surface area (Å²) in [4.78, 5) is 11.7. The molecule has 0 aliphatic carbocycles. The Bertz CT molecular complexity index is 362. The highest BCUT2D eigenvalue weighted by molar-refractivity contribution is 9.10. The predicted octanol–water partition coefficient (Wildman–Crippen LogP) is 3.13. The smallest absolute Gasteiger partial charge is 0.224 e. The van der Waals surface area contributed by atoms with Crippen molar-refractivity contribution in [2.45, 2.75) is 25.8 Å². The van der Waals surface area contributed by atoms with E-state index in [-0.39, 0.29) is 11.4 Å². The lowest BCUT2D eigenvalue weighted by Crippen LogP contribution is -2.45. The fraction of sp³-hybridized carbons (Fsp3) is 0.417. The van der Waals surface area contributed by atoms with Crippen molar-refractivity contribution in [3.63, 3.8) is 0 Å². The molecule has 0 saturated carbocycles. The number of carbonyl (C=O) groups excluding carboxylic acids is 1. The number of alkyl halides is 1. The molecule has 88 valence electrons. The third kappa shape index (κ3) is 4.54. The largest absolute Gasteiger partial charge is 0.350 e. The van der Waals surface area contributed by atoms with Crippen LogP contribution in [0.5, 0.6) is 0 Å². The highest BCUT2D eigenvalue weighted by Crippen LogP contribution is 2.11. The molecular formula is C12H15BrClNO. The van der Waals surface area contributed by atoms with Crippen LogP contribution in [0.15, 0.2) is 28.7 Å². The molecule has 1 N–H and O–H groups in total. The average Bonchev–Trinajstić information content (AvgIpc) is 2.21. The molecule has 0 atom stereocenters. The third-order valence-electron chi connectivity index (χ3n) is 2.09. The summed E-state index contributed by atoms with van der Waals surface area (Å²) in [5.74, 6) is 0.395. The van der Waals surface area contributed by atoms with Gasteiger partial charge in [0.1, 0.15) is 0 Å². The molecule has 0 radical (unpaired) electrons. The molecule has 1 aromatic rings. The molecule has 0 saturated heterocycles. The lowest BCUT2D eigenvalue weighted by Gasteiger charge is -2.23. The van der Waals surface area contributed by atoms with Gasteiger partial charge in [-0.25, -0.2) is 0 Å². The Hall–Kier alpha value is -0.540. The predicted molar refractivity (Wildman–Crippen MR) is 70.8 cm³/mol. The van der Waals surface area contributed by atoms with Crippen LogP contribution < -0.4 is 5.32 Å². The standard InChI is InChI=1S/C12H15BrClNO/c1-12(2,8-14)15-11(16)7-9-3-5-10(13)6-4-9/h3-6H,7-8H2,1-2H3,(H,15,16). The Labute approximate surface area is 110 Å². The maximum Gasteiger partial charge on any atom is 0.224 e. The van der Waals surface area contributed by atoms with Gasteiger partial charge in [0, 0.05) is 15.9 Å². The molecular weight excluding hydrogens is 289 g/mol. The summed E-state index contributed by atoms with van der Waals surface area (Å²) in [5, 5.41) is 2.89. The number of nitrogens with one attached hydrogen (secondary N) is 1. The van der Waals surface area contributed by atoms with Crippen LogP contribution in [0, 0.1) is 0 Å². The van der Waals surface area contributed by atoms with Crippen LogP contribution in [0.25, 0.3) is 0 Å². The van der Waals surface area contributed by atoms with E-state index in [9.17, 15) is 4.79 Å². The molecule has 16 heavy (non-hydrogen) atoms. The topological polar surface area (TPSA) is 29.1 Å². The van der Waals surface area contributed by atoms with Gasteiger partial charge in [-0.15, -0.1) is 11.6 Å². The molecule has 0 aliphatic heterocycles. The van der Waals surface area contributed by atoms with Gasteiger partial charge in [0.2, 0.25) is 5.91 Å². The minimum atomic E-state index is -0.353. The summed E-state index contributed by atoms with van der Waals surface area (Å²) in [7, 11) is 0. The first-order chi connectivity index (χ1) is 7.43. The summed E-state index contributed by atoms with van der Waals surface area (Å²) in [6.07, 6.45) is 0.383. The second-order valence-corrected chi connectivity index (χ2v) is 5.55. The number of benzene rings is 1. The molecule has 0 heterocycles. The zero-order valence-electron chi connectivity index (χ0n) is 9.39. The molecule has 4 heteroatoms. The molecule has 2 nitrogen and oxygen atoms in total. The first-order valence-electron chi connectivity index (χ1n) is 5.04. The second-order valence-electron chi connectivity index (χ2n) is 4.37. The van der Waals surface area contributed by atoms with E-state index < -0.39 is 0 Å². The molecule has 1 rings (SSSR count). The first kappa shape index (κ1) is 13.5. The Balaban J connectivity index is 2.55. The quantitative estimate of drug-likeness (QED) is 0.851. The van der Waals surface area contributed by atoms with E-state index in [1.807, 2.05) is 38.1 Å². The molecule has 0 spiro atoms. The van der Waals surface area contributed by atoms with Gasteiger partial charge >= 0.3 is 0 Å². The highest BCUT2D eigenvalue weighted by Gasteiger charge is 2.18. The van der Waals surface area contributed by atoms with Crippen molar-refractivity contribution < 1.29 is 4.79 Å². The van der Waals surface area contributed by atoms with Crippen molar-refractivity contribution in [1.82, 2.24) is 5.32 Å². The van der Waals surface area contributed by atoms with Gasteiger partial charge in [0.05, 0.1) is 6.42 Å². The lowest BCUT2D eigenvalue weighted by molar-refractivity contribution is -0.121. The molecule has 0 bridgehead atoms. The fourth-order valence-electron chi connectivity index (χ4n) is 1.24. The number of hydrogen-bond acceptors (Lipinski definition) is 1. The van der Waals surface area contributed by atoms with Crippen LogP contribution in [0.4, 0.5) is 0 Å². The molecule has 0 aromatic heterocycles. The Kier molecular flexibility index (Phi) is 4.81. The number of amides is 1. The number of carbonyl (C=O) groups is 1. The average molecular weight is 305 g/mol. The Morgan fingerprint density at radius 1 is 1.38 bits per heavy atom. The SMILES string of the molecule is CC(C)(CCl)NC(=O)Cc1ccc(Br)cc1. The highest BCUT2D eigenvalue weighted by atomic mass is 79.9. The monoisotopic (exact) mass is 303 g/mol. The van der Waals surface area contributed by atoms with Crippen molar-refractivity contribution in [2.75, 3.05) is 5.88 Å². The van der Waals surface area contributed by atoms with Crippen LogP contribution in [-0.4, -0.2) is 17.3 Å². The van der Waals surface area contributed by atoms with Crippen LogP contribution in [0.1, 0.15) is 19.4 Å². The van der Waals surface area contributed by atoms with Crippen molar-refractivity contribution in [2.24, 2.45) is 0 Å². The van der Waals surface area contributed by atoms with E-state index in [1.54, 1.807) is 0 Å². The normalized spacial score (nSPS) is 11.2. The third-order valence-corrected chi connectivity index (χ3v) is 3.29. The van der Waals surface area contributed by atoms with Crippen molar-refractivity contribution >= 4 is 33.4 Å². The van der Waals surface area contributed by atoms with E-state index in [0.29, 0.717) is 12.3 Å². The van der Waals surface area contributed by atoms with Gasteiger partial charge in [0.15, 0.2) is 0 Å². The van der Waals surface area contributed by atoms with Crippen molar-refractivity contribution in [1.29, 1.82) is 0 Å². The lowest BCUT2D eigenvalue weighted by atomic mass is 10.1. The minimum Gasteiger partial charge on any atom is -0.350 e. The van der Waals surface area contributed by atoms with Crippen LogP contribution in [0.2, 0.25) is 0 Å². The van der Waals surface area contributed by atoms with Crippen LogP contribution >= 0.6 is 27.5 Å². The van der Waals surface area contributed by atoms with Crippen molar-refractivity contribution in [3.05, 3.63) is 34.3 Å². The Morgan fingerprint density at radius 2 is 1.94 bits per heavy atom. The van der Waals surface area contributed by atoms with E-state index in [4.69, 9.17) is 11.6 Å². The number of rotatable bonds is 4. The fourth-order valence-corrected chi connectivity index (χ4v) is 1.57. The number of hydrogen-bond donors (Lipinski definition) is 1. The summed E-state index contributed by atoms with van der Waals surface area (Å²) in [5.41, 5.74) is 0.639. The van der Waals surface area contributed by atoms with Gasteiger partial charge < -0.3 is 5.32 Å². The van der Waals surface area contributed by atoms with Gasteiger partial charge in [-0.2, -0.15) is 0 Å². The zero-order chi connectivity index (χ0) is 12.2. The van der Waals surface area contributed by atoms with Gasteiger partial charge in [-0.3, -0.25) is 4.79 Å². The van der Waals surface area contributed by atoms with E-state index in [1.165, 1.54) is 0 Å². The minimum absolute atomic E-state index is 0.00651. The molecule has 0 fully saturated rings. The van der Waals surface area contributed by atoms with E-state index >= 15 is 0 Å². The summed E-state index contributed by atoms with van der Waals surface area (Å²) in [6, 6.07) is 7.71. The molecule has 0 unspecified atom stereocenters. The number of halogens is 2. The molecule has 1 aromatic carbocycles. The summed E-state index contributed by atoms with van der Waals surface area (Å²) < 4.78 is 1.01. The van der Waals surface area contributed by atoms with Crippen molar-refractivity contribution in [3.8, 4) is 0 Å². The maximum atomic E-state index is 11.7. The molecule has 1 amide bonds. The second kappa shape index (κ2) is 5.69. The molecule has 0 aliphatic rings. The van der Waals surface area contributed by atoms with E-state index in [0.717, 1.165) is 10.0 Å². The summed E-state index contributed by atoms with van der Waals surface area (Å²) >= 11 is 9.09. The van der Waals surface area contributed by atoms with Gasteiger partial charge in [-0.1, -0.05) is 28.1 Å². The zero-order valence-corrected chi connectivity index (χ0v) is 11.7. The van der Waals surface area contributed by atoms with Gasteiger partial charge in [0.25, 0.3) is 0 Å². The summed E-state index contributed by atoms with van der Waals surface area (Å²) in [6.45, 7) is 3.80. The van der Waals surface area contributed by atoms with Crippen LogP contribution in [0.3, 0.4) is 0 Å².